The number of hydrazine groups is 1. The highest BCUT2D eigenvalue weighted by Gasteiger charge is 2.35. The molecule has 1 aliphatic carbocycles. The average Bonchev–Trinajstić information content (AvgIpc) is 2.69. The van der Waals surface area contributed by atoms with Gasteiger partial charge in [0, 0.05) is 12.0 Å². The van der Waals surface area contributed by atoms with Gasteiger partial charge in [0.1, 0.15) is 0 Å². The van der Waals surface area contributed by atoms with Crippen molar-refractivity contribution in [1.29, 1.82) is 0 Å². The summed E-state index contributed by atoms with van der Waals surface area (Å²) in [6, 6.07) is 0.470. The van der Waals surface area contributed by atoms with Crippen molar-refractivity contribution in [1.82, 2.24) is 5.43 Å². The summed E-state index contributed by atoms with van der Waals surface area (Å²) >= 11 is 0. The van der Waals surface area contributed by atoms with Gasteiger partial charge in [0.25, 0.3) is 0 Å². The maximum absolute atomic E-state index is 5.76. The molecule has 1 saturated heterocycles. The van der Waals surface area contributed by atoms with Crippen molar-refractivity contribution >= 4 is 0 Å². The van der Waals surface area contributed by atoms with Crippen molar-refractivity contribution in [2.75, 3.05) is 6.61 Å². The highest BCUT2D eigenvalue weighted by atomic mass is 16.5. The molecular weight excluding hydrogens is 200 g/mol. The molecule has 3 atom stereocenters. The van der Waals surface area contributed by atoms with Gasteiger partial charge in [0.05, 0.1) is 12.7 Å². The molecule has 3 heteroatoms. The summed E-state index contributed by atoms with van der Waals surface area (Å²) in [6.45, 7) is 5.42. The van der Waals surface area contributed by atoms with Crippen LogP contribution in [-0.2, 0) is 4.74 Å². The molecule has 0 radical (unpaired) electrons. The van der Waals surface area contributed by atoms with Crippen LogP contribution in [0.25, 0.3) is 0 Å². The van der Waals surface area contributed by atoms with Crippen LogP contribution >= 0.6 is 0 Å². The molecule has 3 nitrogen and oxygen atoms in total. The molecule has 0 aromatic heterocycles. The zero-order chi connectivity index (χ0) is 11.5. The van der Waals surface area contributed by atoms with E-state index in [4.69, 9.17) is 10.6 Å². The van der Waals surface area contributed by atoms with Crippen molar-refractivity contribution in [3.05, 3.63) is 0 Å². The molecule has 0 aromatic carbocycles. The minimum absolute atomic E-state index is 0.420. The first-order valence-electron chi connectivity index (χ1n) is 6.78. The van der Waals surface area contributed by atoms with E-state index >= 15 is 0 Å². The Morgan fingerprint density at radius 2 is 1.81 bits per heavy atom. The standard InChI is InChI=1S/C13H26N2O/c1-9-3-5-11(6-4-9)13(15-14)12-7-10(2)16-8-12/h9-13,15H,3-8,14H2,1-2H3. The van der Waals surface area contributed by atoms with Gasteiger partial charge in [0.15, 0.2) is 0 Å². The van der Waals surface area contributed by atoms with Crippen LogP contribution in [0.4, 0.5) is 0 Å². The van der Waals surface area contributed by atoms with E-state index in [9.17, 15) is 0 Å². The number of rotatable bonds is 3. The number of nitrogens with one attached hydrogen (secondary N) is 1. The van der Waals surface area contributed by atoms with Crippen LogP contribution in [0.1, 0.15) is 46.0 Å². The second kappa shape index (κ2) is 5.48. The minimum atomic E-state index is 0.420. The molecule has 2 fully saturated rings. The van der Waals surface area contributed by atoms with Gasteiger partial charge in [-0.2, -0.15) is 0 Å². The lowest BCUT2D eigenvalue weighted by Gasteiger charge is -2.35. The zero-order valence-electron chi connectivity index (χ0n) is 10.6. The largest absolute Gasteiger partial charge is 0.378 e. The maximum Gasteiger partial charge on any atom is 0.0551 e. The zero-order valence-corrected chi connectivity index (χ0v) is 10.6. The molecule has 0 spiro atoms. The van der Waals surface area contributed by atoms with E-state index < -0.39 is 0 Å². The van der Waals surface area contributed by atoms with E-state index in [2.05, 4.69) is 19.3 Å². The monoisotopic (exact) mass is 226 g/mol. The molecule has 1 aliphatic heterocycles. The normalized spacial score (nSPS) is 42.2. The summed E-state index contributed by atoms with van der Waals surface area (Å²) in [6.07, 6.45) is 6.99. The lowest BCUT2D eigenvalue weighted by Crippen LogP contribution is -2.47. The van der Waals surface area contributed by atoms with Crippen molar-refractivity contribution in [2.24, 2.45) is 23.6 Å². The van der Waals surface area contributed by atoms with Crippen molar-refractivity contribution in [3.8, 4) is 0 Å². The van der Waals surface area contributed by atoms with E-state index in [1.807, 2.05) is 0 Å². The molecule has 3 unspecified atom stereocenters. The molecule has 1 heterocycles. The van der Waals surface area contributed by atoms with Crippen LogP contribution in [0.2, 0.25) is 0 Å². The fraction of sp³-hybridized carbons (Fsp3) is 1.00. The lowest BCUT2D eigenvalue weighted by atomic mass is 9.75. The van der Waals surface area contributed by atoms with E-state index in [1.54, 1.807) is 0 Å². The Morgan fingerprint density at radius 1 is 1.12 bits per heavy atom. The second-order valence-electron chi connectivity index (χ2n) is 5.85. The Bertz CT molecular complexity index is 214. The molecule has 2 aliphatic rings. The van der Waals surface area contributed by atoms with Crippen LogP contribution in [0.15, 0.2) is 0 Å². The SMILES string of the molecule is CC1CCC(C(NN)C2COC(C)C2)CC1. The second-order valence-corrected chi connectivity index (χ2v) is 5.85. The summed E-state index contributed by atoms with van der Waals surface area (Å²) < 4.78 is 5.66. The van der Waals surface area contributed by atoms with Crippen molar-refractivity contribution in [2.45, 2.75) is 58.1 Å². The number of hydrogen-bond acceptors (Lipinski definition) is 3. The van der Waals surface area contributed by atoms with E-state index in [0.717, 1.165) is 18.4 Å². The van der Waals surface area contributed by atoms with Gasteiger partial charge < -0.3 is 4.74 Å². The third kappa shape index (κ3) is 2.76. The highest BCUT2D eigenvalue weighted by molar-refractivity contribution is 4.88. The first-order valence-corrected chi connectivity index (χ1v) is 6.78. The summed E-state index contributed by atoms with van der Waals surface area (Å²) in [4.78, 5) is 0. The molecular formula is C13H26N2O. The van der Waals surface area contributed by atoms with E-state index in [1.165, 1.54) is 32.1 Å². The Labute approximate surface area is 99.1 Å². The van der Waals surface area contributed by atoms with Gasteiger partial charge >= 0.3 is 0 Å². The third-order valence-electron chi connectivity index (χ3n) is 4.50. The van der Waals surface area contributed by atoms with Crippen molar-refractivity contribution in [3.63, 3.8) is 0 Å². The predicted octanol–water partition coefficient (Wildman–Crippen LogP) is 2.07. The Morgan fingerprint density at radius 3 is 2.31 bits per heavy atom. The van der Waals surface area contributed by atoms with Crippen LogP contribution in [-0.4, -0.2) is 18.8 Å². The molecule has 3 N–H and O–H groups in total. The van der Waals surface area contributed by atoms with Gasteiger partial charge in [-0.25, -0.2) is 0 Å². The third-order valence-corrected chi connectivity index (χ3v) is 4.50. The molecule has 16 heavy (non-hydrogen) atoms. The predicted molar refractivity (Wildman–Crippen MR) is 65.8 cm³/mol. The van der Waals surface area contributed by atoms with Gasteiger partial charge in [-0.1, -0.05) is 19.8 Å². The summed E-state index contributed by atoms with van der Waals surface area (Å²) in [5.41, 5.74) is 3.07. The summed E-state index contributed by atoms with van der Waals surface area (Å²) in [7, 11) is 0. The fourth-order valence-electron chi connectivity index (χ4n) is 3.40. The van der Waals surface area contributed by atoms with Crippen LogP contribution < -0.4 is 11.3 Å². The Kier molecular flexibility index (Phi) is 4.22. The van der Waals surface area contributed by atoms with Crippen LogP contribution in [0.3, 0.4) is 0 Å². The number of hydrogen-bond donors (Lipinski definition) is 2. The van der Waals surface area contributed by atoms with Gasteiger partial charge in [-0.05, 0) is 38.0 Å². The van der Waals surface area contributed by atoms with Gasteiger partial charge in [-0.15, -0.1) is 0 Å². The summed E-state index contributed by atoms with van der Waals surface area (Å²) in [5, 5.41) is 0. The smallest absolute Gasteiger partial charge is 0.0551 e. The average molecular weight is 226 g/mol. The van der Waals surface area contributed by atoms with Gasteiger partial charge in [-0.3, -0.25) is 11.3 Å². The van der Waals surface area contributed by atoms with Crippen LogP contribution in [0.5, 0.6) is 0 Å². The lowest BCUT2D eigenvalue weighted by molar-refractivity contribution is 0.109. The molecule has 0 aromatic rings. The number of nitrogens with two attached hydrogens (primary N) is 1. The molecule has 0 amide bonds. The Hall–Kier alpha value is -0.120. The molecule has 2 rings (SSSR count). The molecule has 94 valence electrons. The van der Waals surface area contributed by atoms with Gasteiger partial charge in [0.2, 0.25) is 0 Å². The maximum atomic E-state index is 5.76. The quantitative estimate of drug-likeness (QED) is 0.572. The first-order chi connectivity index (χ1) is 7.70. The summed E-state index contributed by atoms with van der Waals surface area (Å²) in [5.74, 6) is 8.06. The topological polar surface area (TPSA) is 47.3 Å². The van der Waals surface area contributed by atoms with Crippen molar-refractivity contribution < 1.29 is 4.74 Å². The first kappa shape index (κ1) is 12.3. The van der Waals surface area contributed by atoms with E-state index in [-0.39, 0.29) is 0 Å². The molecule has 1 saturated carbocycles. The highest BCUT2D eigenvalue weighted by Crippen LogP contribution is 2.35. The van der Waals surface area contributed by atoms with Crippen LogP contribution in [0, 0.1) is 17.8 Å². The Balaban J connectivity index is 1.89. The molecule has 0 bridgehead atoms. The fourth-order valence-corrected chi connectivity index (χ4v) is 3.40. The minimum Gasteiger partial charge on any atom is -0.378 e. The van der Waals surface area contributed by atoms with E-state index in [0.29, 0.717) is 18.1 Å². The number of ether oxygens (including phenoxy) is 1.